The number of benzene rings is 2. The van der Waals surface area contributed by atoms with Gasteiger partial charge in [0.15, 0.2) is 11.5 Å². The Hall–Kier alpha value is -3.35. The van der Waals surface area contributed by atoms with Crippen molar-refractivity contribution in [3.8, 4) is 11.5 Å². The molecule has 3 heterocycles. The zero-order valence-corrected chi connectivity index (χ0v) is 19.3. The largest absolute Gasteiger partial charge is 0.486 e. The summed E-state index contributed by atoms with van der Waals surface area (Å²) in [5.74, 6) is 1.14. The van der Waals surface area contributed by atoms with Gasteiger partial charge in [0.1, 0.15) is 13.2 Å². The van der Waals surface area contributed by atoms with Crippen molar-refractivity contribution in [2.24, 2.45) is 0 Å². The molecule has 0 radical (unpaired) electrons. The van der Waals surface area contributed by atoms with Gasteiger partial charge in [-0.25, -0.2) is 0 Å². The van der Waals surface area contributed by atoms with Crippen molar-refractivity contribution in [2.45, 2.75) is 56.9 Å². The number of imide groups is 1. The van der Waals surface area contributed by atoms with Crippen molar-refractivity contribution < 1.29 is 23.9 Å². The molecule has 176 valence electrons. The van der Waals surface area contributed by atoms with E-state index in [2.05, 4.69) is 19.1 Å². The predicted octanol–water partition coefficient (Wildman–Crippen LogP) is 4.14. The summed E-state index contributed by atoms with van der Waals surface area (Å²) in [6, 6.07) is 11.0. The first-order valence-electron chi connectivity index (χ1n) is 12.2. The van der Waals surface area contributed by atoms with E-state index in [1.54, 1.807) is 24.3 Å². The molecular formula is C27H28N2O5. The van der Waals surface area contributed by atoms with Gasteiger partial charge in [0.05, 0.1) is 11.7 Å². The van der Waals surface area contributed by atoms with Crippen LogP contribution in [-0.2, 0) is 15.0 Å². The lowest BCUT2D eigenvalue weighted by molar-refractivity contribution is -0.121. The Balaban J connectivity index is 1.34. The van der Waals surface area contributed by atoms with Gasteiger partial charge in [0.2, 0.25) is 11.8 Å². The molecule has 1 aliphatic carbocycles. The SMILES string of the molecule is CC1c2cc3c(cc2C2(CCCC2)CN1C(=O)c1ccc(N2C(=O)CCC2=O)cc1)OCCO3. The fraction of sp³-hybridized carbons (Fsp3) is 0.444. The van der Waals surface area contributed by atoms with Crippen LogP contribution in [0.4, 0.5) is 5.69 Å². The molecule has 1 atom stereocenters. The molecule has 1 spiro atoms. The van der Waals surface area contributed by atoms with E-state index in [4.69, 9.17) is 9.47 Å². The predicted molar refractivity (Wildman–Crippen MR) is 125 cm³/mol. The molecule has 34 heavy (non-hydrogen) atoms. The highest BCUT2D eigenvalue weighted by molar-refractivity contribution is 6.19. The van der Waals surface area contributed by atoms with Gasteiger partial charge in [-0.05, 0) is 67.3 Å². The summed E-state index contributed by atoms with van der Waals surface area (Å²) in [4.78, 5) is 41.1. The number of amides is 3. The second-order valence-electron chi connectivity index (χ2n) is 9.85. The molecule has 7 heteroatoms. The highest BCUT2D eigenvalue weighted by Crippen LogP contribution is 2.52. The van der Waals surface area contributed by atoms with Crippen LogP contribution in [0.15, 0.2) is 36.4 Å². The molecule has 3 amide bonds. The lowest BCUT2D eigenvalue weighted by Crippen LogP contribution is -2.48. The summed E-state index contributed by atoms with van der Waals surface area (Å²) < 4.78 is 11.7. The van der Waals surface area contributed by atoms with Crippen molar-refractivity contribution >= 4 is 23.4 Å². The third-order valence-electron chi connectivity index (χ3n) is 7.92. The molecule has 1 unspecified atom stereocenters. The van der Waals surface area contributed by atoms with Crippen LogP contribution < -0.4 is 14.4 Å². The quantitative estimate of drug-likeness (QED) is 0.630. The van der Waals surface area contributed by atoms with E-state index in [0.717, 1.165) is 42.7 Å². The number of fused-ring (bicyclic) bond motifs is 3. The Morgan fingerprint density at radius 2 is 1.56 bits per heavy atom. The zero-order chi connectivity index (χ0) is 23.4. The monoisotopic (exact) mass is 460 g/mol. The van der Waals surface area contributed by atoms with Crippen LogP contribution in [0.25, 0.3) is 0 Å². The minimum atomic E-state index is -0.192. The maximum absolute atomic E-state index is 13.7. The van der Waals surface area contributed by atoms with Crippen LogP contribution in [0, 0.1) is 0 Å². The molecule has 3 aliphatic heterocycles. The Morgan fingerprint density at radius 3 is 2.21 bits per heavy atom. The Morgan fingerprint density at radius 1 is 0.941 bits per heavy atom. The molecule has 7 nitrogen and oxygen atoms in total. The Bertz CT molecular complexity index is 1170. The summed E-state index contributed by atoms with van der Waals surface area (Å²) >= 11 is 0. The first kappa shape index (κ1) is 21.2. The fourth-order valence-electron chi connectivity index (χ4n) is 6.14. The van der Waals surface area contributed by atoms with E-state index in [1.165, 1.54) is 10.5 Å². The van der Waals surface area contributed by atoms with Gasteiger partial charge in [-0.15, -0.1) is 0 Å². The van der Waals surface area contributed by atoms with Crippen LogP contribution in [0.5, 0.6) is 11.5 Å². The summed E-state index contributed by atoms with van der Waals surface area (Å²) in [7, 11) is 0. The van der Waals surface area contributed by atoms with Gasteiger partial charge in [-0.1, -0.05) is 12.8 Å². The maximum Gasteiger partial charge on any atom is 0.254 e. The minimum Gasteiger partial charge on any atom is -0.486 e. The molecule has 1 saturated heterocycles. The van der Waals surface area contributed by atoms with Crippen molar-refractivity contribution in [3.05, 3.63) is 53.1 Å². The first-order chi connectivity index (χ1) is 16.5. The van der Waals surface area contributed by atoms with Crippen LogP contribution >= 0.6 is 0 Å². The van der Waals surface area contributed by atoms with E-state index in [0.29, 0.717) is 31.0 Å². The number of nitrogens with zero attached hydrogens (tertiary/aromatic N) is 2. The minimum absolute atomic E-state index is 0.0371. The molecular weight excluding hydrogens is 432 g/mol. The van der Waals surface area contributed by atoms with Gasteiger partial charge >= 0.3 is 0 Å². The standard InChI is InChI=1S/C27H28N2O5/c1-17-20-14-22-23(34-13-12-33-22)15-21(20)27(10-2-3-11-27)16-28(17)26(32)18-4-6-19(7-5-18)29-24(30)8-9-25(29)31/h4-7,14-15,17H,2-3,8-13,16H2,1H3. The second-order valence-corrected chi connectivity index (χ2v) is 9.85. The van der Waals surface area contributed by atoms with Crippen LogP contribution in [0.1, 0.15) is 73.0 Å². The smallest absolute Gasteiger partial charge is 0.254 e. The summed E-state index contributed by atoms with van der Waals surface area (Å²) in [6.45, 7) is 3.83. The van der Waals surface area contributed by atoms with Gasteiger partial charge in [0, 0.05) is 30.4 Å². The molecule has 4 aliphatic rings. The normalized spacial score (nSPS) is 22.9. The van der Waals surface area contributed by atoms with E-state index in [9.17, 15) is 14.4 Å². The highest BCUT2D eigenvalue weighted by Gasteiger charge is 2.46. The maximum atomic E-state index is 13.7. The zero-order valence-electron chi connectivity index (χ0n) is 19.3. The Labute approximate surface area is 198 Å². The van der Waals surface area contributed by atoms with Crippen LogP contribution in [0.2, 0.25) is 0 Å². The fourth-order valence-corrected chi connectivity index (χ4v) is 6.14. The second kappa shape index (κ2) is 7.86. The van der Waals surface area contributed by atoms with Crippen molar-refractivity contribution in [1.29, 1.82) is 0 Å². The topological polar surface area (TPSA) is 76.2 Å². The van der Waals surface area contributed by atoms with Crippen molar-refractivity contribution in [2.75, 3.05) is 24.7 Å². The molecule has 2 fully saturated rings. The molecule has 0 N–H and O–H groups in total. The summed E-state index contributed by atoms with van der Waals surface area (Å²) in [6.07, 6.45) is 4.88. The van der Waals surface area contributed by atoms with Crippen LogP contribution in [0.3, 0.4) is 0 Å². The number of carbonyl (C=O) groups is 3. The number of rotatable bonds is 2. The number of anilines is 1. The summed E-state index contributed by atoms with van der Waals surface area (Å²) in [5, 5.41) is 0. The Kier molecular flexibility index (Phi) is 4.90. The van der Waals surface area contributed by atoms with Gasteiger partial charge in [0.25, 0.3) is 5.91 Å². The molecule has 1 saturated carbocycles. The molecule has 2 aromatic rings. The van der Waals surface area contributed by atoms with E-state index in [-0.39, 0.29) is 42.0 Å². The number of ether oxygens (including phenoxy) is 2. The van der Waals surface area contributed by atoms with Crippen LogP contribution in [-0.4, -0.2) is 42.4 Å². The number of carbonyl (C=O) groups excluding carboxylic acids is 3. The molecule has 0 bridgehead atoms. The van der Waals surface area contributed by atoms with Gasteiger partial charge in [-0.2, -0.15) is 0 Å². The molecule has 6 rings (SSSR count). The lowest BCUT2D eigenvalue weighted by atomic mass is 9.71. The average Bonchev–Trinajstić information content (AvgIpc) is 3.47. The number of hydrogen-bond donors (Lipinski definition) is 0. The highest BCUT2D eigenvalue weighted by atomic mass is 16.6. The molecule has 2 aromatic carbocycles. The van der Waals surface area contributed by atoms with E-state index in [1.807, 2.05) is 4.90 Å². The van der Waals surface area contributed by atoms with E-state index < -0.39 is 0 Å². The third-order valence-corrected chi connectivity index (χ3v) is 7.92. The van der Waals surface area contributed by atoms with Crippen molar-refractivity contribution in [1.82, 2.24) is 4.90 Å². The lowest BCUT2D eigenvalue weighted by Gasteiger charge is -2.46. The molecule has 0 aromatic heterocycles. The average molecular weight is 461 g/mol. The van der Waals surface area contributed by atoms with Crippen molar-refractivity contribution in [3.63, 3.8) is 0 Å². The third kappa shape index (κ3) is 3.21. The van der Waals surface area contributed by atoms with Gasteiger partial charge < -0.3 is 14.4 Å². The van der Waals surface area contributed by atoms with E-state index >= 15 is 0 Å². The summed E-state index contributed by atoms with van der Waals surface area (Å²) in [5.41, 5.74) is 3.45. The van der Waals surface area contributed by atoms with Gasteiger partial charge in [-0.3, -0.25) is 19.3 Å². The first-order valence-corrected chi connectivity index (χ1v) is 12.2. The number of hydrogen-bond acceptors (Lipinski definition) is 5.